The van der Waals surface area contributed by atoms with Gasteiger partial charge in [-0.1, -0.05) is 12.8 Å². The van der Waals surface area contributed by atoms with Crippen molar-refractivity contribution < 1.29 is 42.2 Å². The molecule has 0 heterocycles. The number of hydrogen-bond donors (Lipinski definition) is 0. The Morgan fingerprint density at radius 2 is 1.23 bits per heavy atom. The summed E-state index contributed by atoms with van der Waals surface area (Å²) in [6, 6.07) is 0. The normalized spacial score (nSPS) is 27.4. The van der Waals surface area contributed by atoms with E-state index in [4.69, 9.17) is 0 Å². The average Bonchev–Trinajstić information content (AvgIpc) is 2.04. The van der Waals surface area contributed by atoms with Gasteiger partial charge in [0.1, 0.15) is 0 Å². The summed E-state index contributed by atoms with van der Waals surface area (Å²) in [5.74, 6) is -4.21. The number of hydrogen-bond acceptors (Lipinski definition) is 4. The third kappa shape index (κ3) is 3.14. The quantitative estimate of drug-likeness (QED) is 0.563. The van der Waals surface area contributed by atoms with Gasteiger partial charge in [0.25, 0.3) is 0 Å². The first-order valence-electron chi connectivity index (χ1n) is 4.04. The minimum Gasteiger partial charge on any atom is -0.550 e. The second-order valence-electron chi connectivity index (χ2n) is 3.14. The second kappa shape index (κ2) is 5.42. The van der Waals surface area contributed by atoms with E-state index >= 15 is 0 Å². The Labute approximate surface area is 91.8 Å². The first-order chi connectivity index (χ1) is 5.63. The van der Waals surface area contributed by atoms with E-state index in [1.165, 1.54) is 0 Å². The topological polar surface area (TPSA) is 80.3 Å². The molecule has 77 valence electrons. The molecule has 0 bridgehead atoms. The Balaban J connectivity index is 0.00000144. The molecule has 0 aromatic carbocycles. The molecule has 0 aliphatic heterocycles. The molecule has 0 saturated heterocycles. The van der Waals surface area contributed by atoms with Crippen LogP contribution in [-0.2, 0) is 32.0 Å². The molecule has 1 fully saturated rings. The number of aliphatic carboxylic acids is 2. The fourth-order valence-corrected chi connectivity index (χ4v) is 1.70. The van der Waals surface area contributed by atoms with Crippen molar-refractivity contribution in [1.82, 2.24) is 0 Å². The molecule has 1 rings (SSSR count). The van der Waals surface area contributed by atoms with Crippen molar-refractivity contribution in [1.29, 1.82) is 0 Å². The van der Waals surface area contributed by atoms with Gasteiger partial charge in [-0.05, 0) is 12.8 Å². The smallest absolute Gasteiger partial charge is 0.550 e. The van der Waals surface area contributed by atoms with E-state index in [1.54, 1.807) is 0 Å². The van der Waals surface area contributed by atoms with Crippen LogP contribution in [-0.4, -0.2) is 11.9 Å². The second-order valence-corrected chi connectivity index (χ2v) is 3.14. The van der Waals surface area contributed by atoms with Crippen molar-refractivity contribution in [2.24, 2.45) is 11.8 Å². The van der Waals surface area contributed by atoms with Gasteiger partial charge >= 0.3 is 22.4 Å². The van der Waals surface area contributed by atoms with Crippen LogP contribution in [0, 0.1) is 11.8 Å². The van der Waals surface area contributed by atoms with Crippen molar-refractivity contribution in [3.63, 3.8) is 0 Å². The van der Waals surface area contributed by atoms with Crippen LogP contribution in [0.5, 0.6) is 0 Å². The first-order valence-corrected chi connectivity index (χ1v) is 4.04. The number of carbonyl (C=O) groups is 2. The SMILES string of the molecule is O=C([O-])C1CCCCC1C(=O)[O-].[Ag+2]. The van der Waals surface area contributed by atoms with E-state index in [1.807, 2.05) is 0 Å². The van der Waals surface area contributed by atoms with E-state index in [0.717, 1.165) is 12.8 Å². The van der Waals surface area contributed by atoms with E-state index in [2.05, 4.69) is 0 Å². The molecule has 1 aliphatic rings. The van der Waals surface area contributed by atoms with Gasteiger partial charge in [-0.2, -0.15) is 0 Å². The molecule has 13 heavy (non-hydrogen) atoms. The van der Waals surface area contributed by atoms with Crippen LogP contribution in [0.25, 0.3) is 0 Å². The molecule has 0 spiro atoms. The zero-order chi connectivity index (χ0) is 9.14. The number of carboxylic acids is 2. The Morgan fingerprint density at radius 3 is 1.46 bits per heavy atom. The van der Waals surface area contributed by atoms with E-state index in [-0.39, 0.29) is 22.4 Å². The van der Waals surface area contributed by atoms with Crippen LogP contribution in [0.15, 0.2) is 0 Å². The molecule has 0 amide bonds. The van der Waals surface area contributed by atoms with Gasteiger partial charge in [0, 0.05) is 23.8 Å². The minimum atomic E-state index is -1.26. The first kappa shape index (κ1) is 12.7. The number of carboxylic acid groups (broad SMARTS) is 2. The molecule has 0 N–H and O–H groups in total. The van der Waals surface area contributed by atoms with Crippen molar-refractivity contribution >= 4 is 11.9 Å². The van der Waals surface area contributed by atoms with Gasteiger partial charge in [-0.3, -0.25) is 0 Å². The minimum absolute atomic E-state index is 0. The molecule has 0 aromatic heterocycles. The molecule has 1 radical (unpaired) electrons. The van der Waals surface area contributed by atoms with Crippen LogP contribution < -0.4 is 10.2 Å². The van der Waals surface area contributed by atoms with Gasteiger partial charge in [0.2, 0.25) is 0 Å². The van der Waals surface area contributed by atoms with Crippen molar-refractivity contribution in [3.05, 3.63) is 0 Å². The summed E-state index contributed by atoms with van der Waals surface area (Å²) in [7, 11) is 0. The maximum absolute atomic E-state index is 10.5. The van der Waals surface area contributed by atoms with Gasteiger partial charge in [-0.25, -0.2) is 0 Å². The van der Waals surface area contributed by atoms with Gasteiger partial charge in [0.05, 0.1) is 0 Å². The van der Waals surface area contributed by atoms with E-state index in [9.17, 15) is 19.8 Å². The van der Waals surface area contributed by atoms with E-state index in [0.29, 0.717) is 12.8 Å². The van der Waals surface area contributed by atoms with Crippen molar-refractivity contribution in [2.45, 2.75) is 25.7 Å². The molecule has 2 unspecified atom stereocenters. The third-order valence-electron chi connectivity index (χ3n) is 2.37. The molecular weight excluding hydrogens is 268 g/mol. The van der Waals surface area contributed by atoms with Crippen LogP contribution in [0.4, 0.5) is 0 Å². The molecule has 4 nitrogen and oxygen atoms in total. The van der Waals surface area contributed by atoms with Gasteiger partial charge in [-0.15, -0.1) is 0 Å². The monoisotopic (exact) mass is 277 g/mol. The average molecular weight is 278 g/mol. The molecule has 1 aliphatic carbocycles. The summed E-state index contributed by atoms with van der Waals surface area (Å²) >= 11 is 0. The molecule has 2 atom stereocenters. The maximum Gasteiger partial charge on any atom is 2.00 e. The van der Waals surface area contributed by atoms with Crippen LogP contribution >= 0.6 is 0 Å². The number of rotatable bonds is 2. The molecular formula is C8H10AgO4. The largest absolute Gasteiger partial charge is 2.00 e. The van der Waals surface area contributed by atoms with Gasteiger partial charge in [0.15, 0.2) is 0 Å². The van der Waals surface area contributed by atoms with Crippen molar-refractivity contribution in [2.75, 3.05) is 0 Å². The standard InChI is InChI=1S/C8H12O4.Ag/c9-7(10)5-3-1-2-4-6(5)8(11)12;/h5-6H,1-4H2,(H,9,10)(H,11,12);/q;+2/p-2. The predicted molar refractivity (Wildman–Crippen MR) is 35.5 cm³/mol. The van der Waals surface area contributed by atoms with Crippen LogP contribution in [0.3, 0.4) is 0 Å². The summed E-state index contributed by atoms with van der Waals surface area (Å²) < 4.78 is 0. The maximum atomic E-state index is 10.5. The summed E-state index contributed by atoms with van der Waals surface area (Å²) in [5, 5.41) is 20.9. The summed E-state index contributed by atoms with van der Waals surface area (Å²) in [5.41, 5.74) is 0. The fraction of sp³-hybridized carbons (Fsp3) is 0.750. The summed E-state index contributed by atoms with van der Waals surface area (Å²) in [4.78, 5) is 20.9. The summed E-state index contributed by atoms with van der Waals surface area (Å²) in [6.07, 6.45) is 2.34. The predicted octanol–water partition coefficient (Wildman–Crippen LogP) is -1.71. The number of carbonyl (C=O) groups excluding carboxylic acids is 2. The van der Waals surface area contributed by atoms with Crippen molar-refractivity contribution in [3.8, 4) is 0 Å². The van der Waals surface area contributed by atoms with Crippen LogP contribution in [0.1, 0.15) is 25.7 Å². The Bertz CT molecular complexity index is 182. The van der Waals surface area contributed by atoms with Crippen LogP contribution in [0.2, 0.25) is 0 Å². The molecule has 1 saturated carbocycles. The molecule has 5 heteroatoms. The zero-order valence-corrected chi connectivity index (χ0v) is 8.40. The summed E-state index contributed by atoms with van der Waals surface area (Å²) in [6.45, 7) is 0. The fourth-order valence-electron chi connectivity index (χ4n) is 1.70. The van der Waals surface area contributed by atoms with Gasteiger partial charge < -0.3 is 19.8 Å². The third-order valence-corrected chi connectivity index (χ3v) is 2.37. The van der Waals surface area contributed by atoms with E-state index < -0.39 is 23.8 Å². The molecule has 0 aromatic rings. The zero-order valence-electron chi connectivity index (χ0n) is 6.92. The Morgan fingerprint density at radius 1 is 0.923 bits per heavy atom. The Kier molecular flexibility index (Phi) is 5.29. The Hall–Kier alpha value is -0.320.